The molecule has 0 radical (unpaired) electrons. The van der Waals surface area contributed by atoms with Crippen molar-refractivity contribution in [2.75, 3.05) is 0 Å². The van der Waals surface area contributed by atoms with Crippen LogP contribution in [0, 0.1) is 23.2 Å². The van der Waals surface area contributed by atoms with Crippen LogP contribution in [0.3, 0.4) is 0 Å². The minimum atomic E-state index is 0.472. The van der Waals surface area contributed by atoms with Gasteiger partial charge in [0, 0.05) is 12.1 Å². The van der Waals surface area contributed by atoms with Crippen molar-refractivity contribution in [3.63, 3.8) is 0 Å². The molecule has 3 rings (SSSR count). The first-order valence-corrected chi connectivity index (χ1v) is 9.80. The lowest BCUT2D eigenvalue weighted by Crippen LogP contribution is -2.50. The molecule has 3 fully saturated rings. The van der Waals surface area contributed by atoms with Crippen LogP contribution < -0.4 is 5.32 Å². The first-order chi connectivity index (χ1) is 10.0. The van der Waals surface area contributed by atoms with Gasteiger partial charge in [0.25, 0.3) is 0 Å². The minimum Gasteiger partial charge on any atom is -0.311 e. The van der Waals surface area contributed by atoms with E-state index in [-0.39, 0.29) is 0 Å². The molecule has 0 aromatic heterocycles. The molecule has 0 heterocycles. The van der Waals surface area contributed by atoms with E-state index in [0.29, 0.717) is 5.41 Å². The van der Waals surface area contributed by atoms with Gasteiger partial charge in [0.05, 0.1) is 0 Å². The fraction of sp³-hybridized carbons (Fsp3) is 1.00. The van der Waals surface area contributed by atoms with Crippen LogP contribution in [-0.2, 0) is 0 Å². The number of fused-ring (bicyclic) bond motifs is 1. The molecule has 0 aromatic carbocycles. The molecule has 0 saturated heterocycles. The summed E-state index contributed by atoms with van der Waals surface area (Å²) in [6.07, 6.45) is 16.3. The van der Waals surface area contributed by atoms with E-state index >= 15 is 0 Å². The van der Waals surface area contributed by atoms with Crippen LogP contribution in [0.2, 0.25) is 0 Å². The fourth-order valence-electron chi connectivity index (χ4n) is 5.69. The highest BCUT2D eigenvalue weighted by atomic mass is 15.0. The van der Waals surface area contributed by atoms with Crippen LogP contribution in [0.5, 0.6) is 0 Å². The Morgan fingerprint density at radius 2 is 1.38 bits per heavy atom. The molecule has 0 spiro atoms. The summed E-state index contributed by atoms with van der Waals surface area (Å²) in [5, 5.41) is 4.15. The topological polar surface area (TPSA) is 12.0 Å². The molecule has 122 valence electrons. The normalized spacial score (nSPS) is 41.6. The highest BCUT2D eigenvalue weighted by Crippen LogP contribution is 2.42. The van der Waals surface area contributed by atoms with Crippen LogP contribution in [0.1, 0.15) is 91.4 Å². The fourth-order valence-corrected chi connectivity index (χ4v) is 5.69. The molecular formula is C20H37N. The summed E-state index contributed by atoms with van der Waals surface area (Å²) in [6.45, 7) is 7.36. The Labute approximate surface area is 132 Å². The molecule has 0 aliphatic heterocycles. The van der Waals surface area contributed by atoms with Crippen molar-refractivity contribution in [2.24, 2.45) is 23.2 Å². The predicted octanol–water partition coefficient (Wildman–Crippen LogP) is 5.54. The molecule has 1 N–H and O–H groups in total. The van der Waals surface area contributed by atoms with Crippen molar-refractivity contribution in [3.05, 3.63) is 0 Å². The van der Waals surface area contributed by atoms with Crippen molar-refractivity contribution in [2.45, 2.75) is 103 Å². The summed E-state index contributed by atoms with van der Waals surface area (Å²) in [7, 11) is 0. The van der Waals surface area contributed by atoms with Gasteiger partial charge >= 0.3 is 0 Å². The summed E-state index contributed by atoms with van der Waals surface area (Å²) in [5.74, 6) is 3.03. The number of rotatable bonds is 2. The Morgan fingerprint density at radius 3 is 2.14 bits per heavy atom. The van der Waals surface area contributed by atoms with E-state index in [9.17, 15) is 0 Å². The van der Waals surface area contributed by atoms with E-state index in [0.717, 1.165) is 29.8 Å². The molecular weight excluding hydrogens is 254 g/mol. The lowest BCUT2D eigenvalue weighted by atomic mass is 9.67. The van der Waals surface area contributed by atoms with Crippen LogP contribution in [0.15, 0.2) is 0 Å². The molecule has 3 saturated carbocycles. The molecule has 0 bridgehead atoms. The van der Waals surface area contributed by atoms with Crippen molar-refractivity contribution in [1.82, 2.24) is 5.32 Å². The molecule has 5 atom stereocenters. The second-order valence-corrected chi connectivity index (χ2v) is 9.34. The number of nitrogens with one attached hydrogen (secondary N) is 1. The van der Waals surface area contributed by atoms with Gasteiger partial charge in [-0.3, -0.25) is 0 Å². The van der Waals surface area contributed by atoms with Gasteiger partial charge in [0.1, 0.15) is 0 Å². The molecule has 3 aliphatic rings. The van der Waals surface area contributed by atoms with Crippen molar-refractivity contribution >= 4 is 0 Å². The lowest BCUT2D eigenvalue weighted by molar-refractivity contribution is 0.0925. The van der Waals surface area contributed by atoms with Gasteiger partial charge in [-0.1, -0.05) is 59.3 Å². The van der Waals surface area contributed by atoms with Crippen LogP contribution in [0.25, 0.3) is 0 Å². The first-order valence-electron chi connectivity index (χ1n) is 9.80. The third-order valence-electron chi connectivity index (χ3n) is 6.87. The lowest BCUT2D eigenvalue weighted by Gasteiger charge is -2.45. The van der Waals surface area contributed by atoms with Gasteiger partial charge in [0.2, 0.25) is 0 Å². The third kappa shape index (κ3) is 3.84. The molecule has 0 amide bonds. The Hall–Kier alpha value is -0.0400. The van der Waals surface area contributed by atoms with Crippen LogP contribution in [-0.4, -0.2) is 12.1 Å². The molecule has 0 aromatic rings. The van der Waals surface area contributed by atoms with E-state index in [1.807, 2.05) is 0 Å². The maximum atomic E-state index is 4.15. The molecule has 1 nitrogen and oxygen atoms in total. The van der Waals surface area contributed by atoms with Gasteiger partial charge < -0.3 is 5.32 Å². The maximum Gasteiger partial charge on any atom is 0.0103 e. The van der Waals surface area contributed by atoms with E-state index in [1.54, 1.807) is 0 Å². The molecule has 3 aliphatic carbocycles. The van der Waals surface area contributed by atoms with Crippen molar-refractivity contribution in [1.29, 1.82) is 0 Å². The second kappa shape index (κ2) is 6.60. The Balaban J connectivity index is 1.57. The molecule has 5 unspecified atom stereocenters. The Kier molecular flexibility index (Phi) is 4.98. The highest BCUT2D eigenvalue weighted by Gasteiger charge is 2.37. The quantitative estimate of drug-likeness (QED) is 0.704. The summed E-state index contributed by atoms with van der Waals surface area (Å²) in [5.41, 5.74) is 0.472. The second-order valence-electron chi connectivity index (χ2n) is 9.34. The monoisotopic (exact) mass is 291 g/mol. The van der Waals surface area contributed by atoms with Crippen molar-refractivity contribution < 1.29 is 0 Å². The zero-order chi connectivity index (χ0) is 14.9. The number of hydrogen-bond acceptors (Lipinski definition) is 1. The first kappa shape index (κ1) is 15.8. The standard InChI is InChI=1S/C20H37N/c1-20(2,3)18-10-6-7-11-19(18)21-17-13-12-15-8-4-5-9-16(15)14-17/h15-19,21H,4-14H2,1-3H3. The highest BCUT2D eigenvalue weighted by molar-refractivity contribution is 4.93. The van der Waals surface area contributed by atoms with Gasteiger partial charge in [-0.25, -0.2) is 0 Å². The minimum absolute atomic E-state index is 0.472. The Morgan fingerprint density at radius 1 is 0.714 bits per heavy atom. The average Bonchev–Trinajstić information content (AvgIpc) is 2.46. The summed E-state index contributed by atoms with van der Waals surface area (Å²) in [4.78, 5) is 0. The van der Waals surface area contributed by atoms with Gasteiger partial charge in [0.15, 0.2) is 0 Å². The number of hydrogen-bond donors (Lipinski definition) is 1. The van der Waals surface area contributed by atoms with E-state index in [2.05, 4.69) is 26.1 Å². The maximum absolute atomic E-state index is 4.15. The largest absolute Gasteiger partial charge is 0.311 e. The molecule has 21 heavy (non-hydrogen) atoms. The summed E-state index contributed by atoms with van der Waals surface area (Å²) >= 11 is 0. The van der Waals surface area contributed by atoms with E-state index < -0.39 is 0 Å². The Bertz CT molecular complexity index is 329. The smallest absolute Gasteiger partial charge is 0.0103 e. The molecule has 1 heteroatoms. The van der Waals surface area contributed by atoms with Gasteiger partial charge in [-0.05, 0) is 55.3 Å². The van der Waals surface area contributed by atoms with Crippen LogP contribution >= 0.6 is 0 Å². The average molecular weight is 292 g/mol. The van der Waals surface area contributed by atoms with Crippen LogP contribution in [0.4, 0.5) is 0 Å². The van der Waals surface area contributed by atoms with Gasteiger partial charge in [-0.2, -0.15) is 0 Å². The third-order valence-corrected chi connectivity index (χ3v) is 6.87. The van der Waals surface area contributed by atoms with E-state index in [4.69, 9.17) is 0 Å². The predicted molar refractivity (Wildman–Crippen MR) is 91.4 cm³/mol. The van der Waals surface area contributed by atoms with Crippen molar-refractivity contribution in [3.8, 4) is 0 Å². The SMILES string of the molecule is CC(C)(C)C1CCCCC1NC1CCC2CCCCC2C1. The summed E-state index contributed by atoms with van der Waals surface area (Å²) < 4.78 is 0. The van der Waals surface area contributed by atoms with Gasteiger partial charge in [-0.15, -0.1) is 0 Å². The van der Waals surface area contributed by atoms with E-state index in [1.165, 1.54) is 70.6 Å². The summed E-state index contributed by atoms with van der Waals surface area (Å²) in [6, 6.07) is 1.63. The zero-order valence-electron chi connectivity index (χ0n) is 14.7. The zero-order valence-corrected chi connectivity index (χ0v) is 14.7.